The number of fused-ring (bicyclic) bond motifs is 1. The number of pyridine rings is 1. The molecule has 196 valence electrons. The van der Waals surface area contributed by atoms with Crippen molar-refractivity contribution < 1.29 is 26.8 Å². The summed E-state index contributed by atoms with van der Waals surface area (Å²) in [6.45, 7) is 1.10. The van der Waals surface area contributed by atoms with E-state index in [0.717, 1.165) is 12.1 Å². The van der Waals surface area contributed by atoms with Crippen LogP contribution >= 0.6 is 0 Å². The Morgan fingerprint density at radius 2 is 1.87 bits per heavy atom. The summed E-state index contributed by atoms with van der Waals surface area (Å²) in [6, 6.07) is 8.96. The van der Waals surface area contributed by atoms with Crippen LogP contribution in [0.15, 0.2) is 53.5 Å². The van der Waals surface area contributed by atoms with Crippen molar-refractivity contribution in [1.29, 1.82) is 0 Å². The van der Waals surface area contributed by atoms with E-state index in [1.54, 1.807) is 0 Å². The summed E-state index contributed by atoms with van der Waals surface area (Å²) >= 11 is 0. The molecule has 1 aliphatic carbocycles. The molecule has 2 aromatic heterocycles. The largest absolute Gasteiger partial charge is 0.366 e. The van der Waals surface area contributed by atoms with E-state index < -0.39 is 50.8 Å². The van der Waals surface area contributed by atoms with E-state index in [4.69, 9.17) is 5.73 Å². The first-order valence-corrected chi connectivity index (χ1v) is 13.2. The van der Waals surface area contributed by atoms with Crippen LogP contribution in [-0.2, 0) is 16.6 Å². The molecule has 0 unspecified atom stereocenters. The van der Waals surface area contributed by atoms with Gasteiger partial charge in [-0.2, -0.15) is 0 Å². The molecular weight excluding hydrogens is 518 g/mol. The van der Waals surface area contributed by atoms with Crippen LogP contribution in [0, 0.1) is 18.6 Å². The molecule has 12 heteroatoms. The number of carbonyl (C=O) groups is 2. The van der Waals surface area contributed by atoms with Crippen LogP contribution in [0.1, 0.15) is 44.8 Å². The third-order valence-electron chi connectivity index (χ3n) is 6.50. The van der Waals surface area contributed by atoms with Gasteiger partial charge in [0.15, 0.2) is 0 Å². The molecule has 4 N–H and O–H groups in total. The molecule has 2 amide bonds. The number of benzene rings is 2. The predicted molar refractivity (Wildman–Crippen MR) is 136 cm³/mol. The van der Waals surface area contributed by atoms with Gasteiger partial charge < -0.3 is 15.3 Å². The third-order valence-corrected chi connectivity index (χ3v) is 8.32. The lowest BCUT2D eigenvalue weighted by atomic mass is 10.0. The van der Waals surface area contributed by atoms with E-state index in [2.05, 4.69) is 9.71 Å². The van der Waals surface area contributed by atoms with Crippen molar-refractivity contribution in [3.63, 3.8) is 0 Å². The summed E-state index contributed by atoms with van der Waals surface area (Å²) in [5.74, 6) is -3.24. The number of primary amides is 1. The van der Waals surface area contributed by atoms with Crippen molar-refractivity contribution in [2.45, 2.75) is 31.6 Å². The fourth-order valence-electron chi connectivity index (χ4n) is 4.43. The second-order valence-corrected chi connectivity index (χ2v) is 11.1. The van der Waals surface area contributed by atoms with Gasteiger partial charge in [-0.1, -0.05) is 0 Å². The van der Waals surface area contributed by atoms with Crippen LogP contribution in [0.25, 0.3) is 22.0 Å². The highest BCUT2D eigenvalue weighted by Gasteiger charge is 2.38. The summed E-state index contributed by atoms with van der Waals surface area (Å²) in [6.07, 6.45) is 2.18. The minimum absolute atomic E-state index is 0.00178. The zero-order valence-electron chi connectivity index (χ0n) is 20.0. The van der Waals surface area contributed by atoms with E-state index in [0.29, 0.717) is 12.8 Å². The van der Waals surface area contributed by atoms with Gasteiger partial charge in [0, 0.05) is 33.8 Å². The van der Waals surface area contributed by atoms with E-state index in [-0.39, 0.29) is 44.4 Å². The Bertz CT molecular complexity index is 1810. The van der Waals surface area contributed by atoms with Gasteiger partial charge in [-0.25, -0.2) is 21.9 Å². The van der Waals surface area contributed by atoms with Crippen molar-refractivity contribution in [1.82, 2.24) is 14.3 Å². The Kier molecular flexibility index (Phi) is 6.14. The number of nitrogens with zero attached hydrogens (tertiary/aromatic N) is 1. The third kappa shape index (κ3) is 4.47. The second kappa shape index (κ2) is 9.21. The fourth-order valence-corrected chi connectivity index (χ4v) is 5.71. The van der Waals surface area contributed by atoms with Gasteiger partial charge in [0.1, 0.15) is 17.3 Å². The number of hydrogen-bond donors (Lipinski definition) is 3. The summed E-state index contributed by atoms with van der Waals surface area (Å²) in [5.41, 5.74) is 4.84. The monoisotopic (exact) mass is 540 g/mol. The Labute approximate surface area is 215 Å². The minimum atomic E-state index is -4.02. The van der Waals surface area contributed by atoms with Crippen LogP contribution in [0.4, 0.5) is 8.78 Å². The Morgan fingerprint density at radius 3 is 2.53 bits per heavy atom. The van der Waals surface area contributed by atoms with Crippen molar-refractivity contribution in [3.8, 4) is 11.1 Å². The molecule has 0 spiro atoms. The number of aromatic nitrogens is 2. The molecule has 38 heavy (non-hydrogen) atoms. The second-order valence-electron chi connectivity index (χ2n) is 9.19. The lowest BCUT2D eigenvalue weighted by Crippen LogP contribution is -2.35. The number of aryl methyl sites for hydroxylation is 1. The summed E-state index contributed by atoms with van der Waals surface area (Å²) in [5, 5.41) is -0.446. The molecule has 5 rings (SSSR count). The van der Waals surface area contributed by atoms with Crippen molar-refractivity contribution in [2.75, 3.05) is 0 Å². The van der Waals surface area contributed by atoms with E-state index >= 15 is 0 Å². The molecule has 1 saturated carbocycles. The molecule has 0 aliphatic heterocycles. The van der Waals surface area contributed by atoms with Gasteiger partial charge in [-0.05, 0) is 67.8 Å². The average molecular weight is 541 g/mol. The normalized spacial score (nSPS) is 13.6. The number of nitrogens with one attached hydrogen (secondary N) is 2. The van der Waals surface area contributed by atoms with Gasteiger partial charge in [-0.15, -0.1) is 0 Å². The number of halogens is 2. The number of amides is 2. The van der Waals surface area contributed by atoms with Crippen LogP contribution in [0.3, 0.4) is 0 Å². The molecular formula is C26H22F2N4O5S. The molecule has 2 heterocycles. The molecule has 4 aromatic rings. The van der Waals surface area contributed by atoms with Gasteiger partial charge in [-0.3, -0.25) is 14.4 Å². The number of H-pyrrole nitrogens is 1. The summed E-state index contributed by atoms with van der Waals surface area (Å²) < 4.78 is 58.4. The van der Waals surface area contributed by atoms with E-state index in [1.807, 2.05) is 0 Å². The quantitative estimate of drug-likeness (QED) is 0.330. The molecule has 1 fully saturated rings. The summed E-state index contributed by atoms with van der Waals surface area (Å²) in [7, 11) is -4.02. The molecule has 2 aromatic carbocycles. The number of hydrogen-bond acceptors (Lipinski definition) is 5. The number of sulfonamides is 1. The highest BCUT2D eigenvalue weighted by Crippen LogP contribution is 2.36. The fraction of sp³-hybridized carbons (Fsp3) is 0.192. The van der Waals surface area contributed by atoms with Crippen LogP contribution in [-0.4, -0.2) is 35.0 Å². The number of nitrogens with two attached hydrogens (primary N) is 1. The highest BCUT2D eigenvalue weighted by atomic mass is 32.2. The molecule has 0 bridgehead atoms. The number of carbonyl (C=O) groups excluding carboxylic acids is 2. The standard InChI is InChI=1S/C26H22F2N4O5S/c1-13-9-18-21(11-20(13)28)32(12-15-10-14(24(29)33)4-7-19(15)27)23(22(18)17-3-2-8-30-25(17)34)26(35)31-38(36,37)16-5-6-16/h2-4,7-11,16H,5-6,12H2,1H3,(H2,29,33)(H,30,34)(H,31,35). The van der Waals surface area contributed by atoms with Crippen LogP contribution in [0.2, 0.25) is 0 Å². The predicted octanol–water partition coefficient (Wildman–Crippen LogP) is 2.95. The zero-order valence-corrected chi connectivity index (χ0v) is 20.9. The van der Waals surface area contributed by atoms with E-state index in [9.17, 15) is 31.6 Å². The Hall–Kier alpha value is -4.32. The maximum Gasteiger partial charge on any atom is 0.282 e. The molecule has 0 atom stereocenters. The molecule has 9 nitrogen and oxygen atoms in total. The van der Waals surface area contributed by atoms with Crippen LogP contribution < -0.4 is 16.0 Å². The minimum Gasteiger partial charge on any atom is -0.366 e. The number of rotatable bonds is 7. The average Bonchev–Trinajstić information content (AvgIpc) is 3.67. The van der Waals surface area contributed by atoms with Crippen LogP contribution in [0.5, 0.6) is 0 Å². The SMILES string of the molecule is Cc1cc2c(-c3ccc[nH]c3=O)c(C(=O)NS(=O)(=O)C3CC3)n(Cc3cc(C(N)=O)ccc3F)c2cc1F. The van der Waals surface area contributed by atoms with Crippen molar-refractivity contribution in [2.24, 2.45) is 5.73 Å². The van der Waals surface area contributed by atoms with Gasteiger partial charge in [0.2, 0.25) is 15.9 Å². The summed E-state index contributed by atoms with van der Waals surface area (Å²) in [4.78, 5) is 40.7. The van der Waals surface area contributed by atoms with Gasteiger partial charge in [0.05, 0.1) is 17.3 Å². The van der Waals surface area contributed by atoms with E-state index in [1.165, 1.54) is 48.0 Å². The maximum absolute atomic E-state index is 14.9. The van der Waals surface area contributed by atoms with Gasteiger partial charge >= 0.3 is 0 Å². The lowest BCUT2D eigenvalue weighted by molar-refractivity contribution is 0.0970. The van der Waals surface area contributed by atoms with Crippen molar-refractivity contribution in [3.05, 3.63) is 93.0 Å². The smallest absolute Gasteiger partial charge is 0.282 e. The first kappa shape index (κ1) is 25.3. The zero-order chi connectivity index (χ0) is 27.4. The molecule has 0 saturated heterocycles. The maximum atomic E-state index is 14.9. The Balaban J connectivity index is 1.83. The van der Waals surface area contributed by atoms with Crippen molar-refractivity contribution >= 4 is 32.7 Å². The first-order chi connectivity index (χ1) is 18.0. The number of aromatic amines is 1. The van der Waals surface area contributed by atoms with Gasteiger partial charge in [0.25, 0.3) is 11.5 Å². The molecule has 0 radical (unpaired) electrons. The highest BCUT2D eigenvalue weighted by molar-refractivity contribution is 7.91. The lowest BCUT2D eigenvalue weighted by Gasteiger charge is -2.14. The Morgan fingerprint density at radius 1 is 1.13 bits per heavy atom. The topological polar surface area (TPSA) is 144 Å². The first-order valence-electron chi connectivity index (χ1n) is 11.6. The molecule has 1 aliphatic rings.